The number of nitro benzene ring substituents is 1. The summed E-state index contributed by atoms with van der Waals surface area (Å²) < 4.78 is 12.7. The number of amides is 1. The fourth-order valence-electron chi connectivity index (χ4n) is 2.98. The maximum atomic E-state index is 12.4. The summed E-state index contributed by atoms with van der Waals surface area (Å²) in [5, 5.41) is 17.5. The summed E-state index contributed by atoms with van der Waals surface area (Å²) in [5.74, 6) is 0.637. The molecule has 2 aromatic heterocycles. The van der Waals surface area contributed by atoms with Gasteiger partial charge in [-0.25, -0.2) is 9.67 Å². The van der Waals surface area contributed by atoms with Gasteiger partial charge in [0, 0.05) is 12.1 Å². The Balaban J connectivity index is 1.32. The Bertz CT molecular complexity index is 1250. The van der Waals surface area contributed by atoms with Crippen LogP contribution in [-0.4, -0.2) is 25.6 Å². The van der Waals surface area contributed by atoms with Crippen molar-refractivity contribution >= 4 is 17.5 Å². The molecule has 2 aromatic carbocycles. The lowest BCUT2D eigenvalue weighted by atomic mass is 10.1. The standard InChI is InChI=1S/C22H19N5O5/c1-15-3-2-4-16(11-15)12-26-14-23-22(25-26)24-21(28)20-10-9-19(32-20)13-31-18-7-5-17(6-8-18)27(29)30/h2-11,14H,12-13H2,1H3,(H,24,25,28). The zero-order chi connectivity index (χ0) is 22.5. The van der Waals surface area contributed by atoms with Crippen LogP contribution in [0.1, 0.15) is 27.4 Å². The van der Waals surface area contributed by atoms with Crippen molar-refractivity contribution in [1.82, 2.24) is 14.8 Å². The van der Waals surface area contributed by atoms with Gasteiger partial charge in [-0.1, -0.05) is 29.8 Å². The molecule has 32 heavy (non-hydrogen) atoms. The lowest BCUT2D eigenvalue weighted by molar-refractivity contribution is -0.384. The highest BCUT2D eigenvalue weighted by Crippen LogP contribution is 2.19. The van der Waals surface area contributed by atoms with Crippen LogP contribution in [0, 0.1) is 17.0 Å². The zero-order valence-electron chi connectivity index (χ0n) is 17.1. The second-order valence-electron chi connectivity index (χ2n) is 7.01. The lowest BCUT2D eigenvalue weighted by Crippen LogP contribution is -2.12. The number of hydrogen-bond donors (Lipinski definition) is 1. The van der Waals surface area contributed by atoms with E-state index in [2.05, 4.69) is 21.5 Å². The molecule has 0 atom stereocenters. The molecule has 10 heteroatoms. The number of aromatic nitrogens is 3. The lowest BCUT2D eigenvalue weighted by Gasteiger charge is -2.03. The molecule has 0 aliphatic carbocycles. The van der Waals surface area contributed by atoms with E-state index in [1.165, 1.54) is 30.3 Å². The van der Waals surface area contributed by atoms with Crippen molar-refractivity contribution < 1.29 is 18.9 Å². The van der Waals surface area contributed by atoms with Gasteiger partial charge in [0.25, 0.3) is 11.6 Å². The number of hydrogen-bond acceptors (Lipinski definition) is 7. The second kappa shape index (κ2) is 9.13. The highest BCUT2D eigenvalue weighted by Gasteiger charge is 2.14. The van der Waals surface area contributed by atoms with E-state index in [4.69, 9.17) is 9.15 Å². The third kappa shape index (κ3) is 5.17. The largest absolute Gasteiger partial charge is 0.486 e. The number of anilines is 1. The second-order valence-corrected chi connectivity index (χ2v) is 7.01. The Morgan fingerprint density at radius 2 is 2.00 bits per heavy atom. The molecule has 1 amide bonds. The van der Waals surface area contributed by atoms with Gasteiger partial charge >= 0.3 is 0 Å². The van der Waals surface area contributed by atoms with Crippen molar-refractivity contribution in [3.63, 3.8) is 0 Å². The molecule has 0 spiro atoms. The molecular formula is C22H19N5O5. The number of non-ortho nitro benzene ring substituents is 1. The summed E-state index contributed by atoms with van der Waals surface area (Å²) in [6, 6.07) is 16.9. The first-order valence-electron chi connectivity index (χ1n) is 9.68. The predicted octanol–water partition coefficient (Wildman–Crippen LogP) is 3.97. The average Bonchev–Trinajstić information content (AvgIpc) is 3.42. The summed E-state index contributed by atoms with van der Waals surface area (Å²) in [5.41, 5.74) is 2.21. The molecule has 0 aliphatic heterocycles. The van der Waals surface area contributed by atoms with Gasteiger partial charge in [0.15, 0.2) is 5.76 Å². The zero-order valence-corrected chi connectivity index (χ0v) is 17.1. The van der Waals surface area contributed by atoms with E-state index in [0.29, 0.717) is 18.1 Å². The van der Waals surface area contributed by atoms with Gasteiger partial charge in [0.1, 0.15) is 24.4 Å². The van der Waals surface area contributed by atoms with Crippen molar-refractivity contribution in [3.05, 3.63) is 99.8 Å². The highest BCUT2D eigenvalue weighted by molar-refractivity contribution is 6.01. The van der Waals surface area contributed by atoms with Gasteiger partial charge < -0.3 is 9.15 Å². The minimum Gasteiger partial charge on any atom is -0.486 e. The summed E-state index contributed by atoms with van der Waals surface area (Å²) in [7, 11) is 0. The van der Waals surface area contributed by atoms with Gasteiger partial charge in [-0.3, -0.25) is 20.2 Å². The van der Waals surface area contributed by atoms with Crippen LogP contribution in [0.15, 0.2) is 71.4 Å². The van der Waals surface area contributed by atoms with Crippen LogP contribution in [0.3, 0.4) is 0 Å². The van der Waals surface area contributed by atoms with E-state index in [1.54, 1.807) is 17.1 Å². The van der Waals surface area contributed by atoms with E-state index in [-0.39, 0.29) is 24.0 Å². The maximum Gasteiger partial charge on any atom is 0.293 e. The van der Waals surface area contributed by atoms with Gasteiger partial charge in [0.2, 0.25) is 5.95 Å². The summed E-state index contributed by atoms with van der Waals surface area (Å²) in [6.45, 7) is 2.62. The molecule has 0 saturated heterocycles. The highest BCUT2D eigenvalue weighted by atomic mass is 16.6. The molecule has 1 N–H and O–H groups in total. The molecule has 4 rings (SSSR count). The van der Waals surface area contributed by atoms with Crippen LogP contribution in [-0.2, 0) is 13.2 Å². The summed E-state index contributed by atoms with van der Waals surface area (Å²) in [6.07, 6.45) is 1.55. The van der Waals surface area contributed by atoms with Crippen molar-refractivity contribution in [2.24, 2.45) is 0 Å². The average molecular weight is 433 g/mol. The predicted molar refractivity (Wildman–Crippen MR) is 114 cm³/mol. The molecule has 0 unspecified atom stereocenters. The summed E-state index contributed by atoms with van der Waals surface area (Å²) in [4.78, 5) is 26.7. The van der Waals surface area contributed by atoms with Gasteiger partial charge in [-0.2, -0.15) is 0 Å². The monoisotopic (exact) mass is 433 g/mol. The minimum atomic E-state index is -0.486. The Hall–Kier alpha value is -4.47. The summed E-state index contributed by atoms with van der Waals surface area (Å²) >= 11 is 0. The number of ether oxygens (including phenoxy) is 1. The molecule has 0 fully saturated rings. The van der Waals surface area contributed by atoms with Crippen LogP contribution < -0.4 is 10.1 Å². The van der Waals surface area contributed by atoms with E-state index in [9.17, 15) is 14.9 Å². The van der Waals surface area contributed by atoms with E-state index < -0.39 is 10.8 Å². The molecule has 0 saturated carbocycles. The molecule has 162 valence electrons. The van der Waals surface area contributed by atoms with E-state index >= 15 is 0 Å². The normalized spacial score (nSPS) is 10.7. The van der Waals surface area contributed by atoms with Crippen LogP contribution in [0.2, 0.25) is 0 Å². The topological polar surface area (TPSA) is 125 Å². The van der Waals surface area contributed by atoms with Crippen LogP contribution >= 0.6 is 0 Å². The Morgan fingerprint density at radius 3 is 2.75 bits per heavy atom. The number of furan rings is 1. The number of rotatable bonds is 8. The number of carbonyl (C=O) groups is 1. The number of nitro groups is 1. The van der Waals surface area contributed by atoms with E-state index in [0.717, 1.165) is 11.1 Å². The third-order valence-corrected chi connectivity index (χ3v) is 4.50. The number of benzene rings is 2. The molecule has 10 nitrogen and oxygen atoms in total. The molecule has 4 aromatic rings. The fraction of sp³-hybridized carbons (Fsp3) is 0.136. The smallest absolute Gasteiger partial charge is 0.293 e. The number of nitrogens with zero attached hydrogens (tertiary/aromatic N) is 4. The van der Waals surface area contributed by atoms with Gasteiger partial charge in [0.05, 0.1) is 11.5 Å². The van der Waals surface area contributed by atoms with Gasteiger partial charge in [-0.05, 0) is 36.8 Å². The van der Waals surface area contributed by atoms with Crippen molar-refractivity contribution in [2.75, 3.05) is 5.32 Å². The molecule has 2 heterocycles. The van der Waals surface area contributed by atoms with Crippen LogP contribution in [0.5, 0.6) is 5.75 Å². The van der Waals surface area contributed by atoms with Crippen LogP contribution in [0.4, 0.5) is 11.6 Å². The Morgan fingerprint density at radius 1 is 1.19 bits per heavy atom. The molecular weight excluding hydrogens is 414 g/mol. The number of nitrogens with one attached hydrogen (secondary N) is 1. The third-order valence-electron chi connectivity index (χ3n) is 4.50. The van der Waals surface area contributed by atoms with Gasteiger partial charge in [-0.15, -0.1) is 5.10 Å². The minimum absolute atomic E-state index is 0.0239. The van der Waals surface area contributed by atoms with Crippen LogP contribution in [0.25, 0.3) is 0 Å². The molecule has 0 radical (unpaired) electrons. The number of aryl methyl sites for hydroxylation is 1. The van der Waals surface area contributed by atoms with E-state index in [1.807, 2.05) is 25.1 Å². The van der Waals surface area contributed by atoms with Crippen molar-refractivity contribution in [3.8, 4) is 5.75 Å². The quantitative estimate of drug-likeness (QED) is 0.329. The Kier molecular flexibility index (Phi) is 5.93. The van der Waals surface area contributed by atoms with Crippen molar-refractivity contribution in [2.45, 2.75) is 20.1 Å². The Labute approximate surface area is 182 Å². The fourth-order valence-corrected chi connectivity index (χ4v) is 2.98. The maximum absolute atomic E-state index is 12.4. The van der Waals surface area contributed by atoms with Crippen molar-refractivity contribution in [1.29, 1.82) is 0 Å². The first-order chi connectivity index (χ1) is 15.5. The first kappa shape index (κ1) is 20.8. The molecule has 0 aliphatic rings. The number of carbonyl (C=O) groups excluding carboxylic acids is 1. The SMILES string of the molecule is Cc1cccc(Cn2cnc(NC(=O)c3ccc(COc4ccc([N+](=O)[O-])cc4)o3)n2)c1. The first-order valence-corrected chi connectivity index (χ1v) is 9.68. The molecule has 0 bridgehead atoms.